The summed E-state index contributed by atoms with van der Waals surface area (Å²) in [6.45, 7) is -1.69. The summed E-state index contributed by atoms with van der Waals surface area (Å²) < 4.78 is 35.3. The molecule has 0 bridgehead atoms. The van der Waals surface area contributed by atoms with E-state index in [0.717, 1.165) is 0 Å². The van der Waals surface area contributed by atoms with E-state index in [1.54, 1.807) is 0 Å². The van der Waals surface area contributed by atoms with Gasteiger partial charge in [0, 0.05) is 0 Å². The predicted octanol–water partition coefficient (Wildman–Crippen LogP) is -15.0. The van der Waals surface area contributed by atoms with Gasteiger partial charge in [0.05, 0.1) is 14.4 Å². The molecule has 7 N–H and O–H groups in total. The van der Waals surface area contributed by atoms with Gasteiger partial charge >= 0.3 is 96.5 Å². The van der Waals surface area contributed by atoms with Crippen molar-refractivity contribution in [2.24, 2.45) is 0 Å². The number of hydrogen-bond acceptors (Lipinski definition) is 14. The largest absolute Gasteiger partial charge is 1.00 e. The van der Waals surface area contributed by atoms with Crippen LogP contribution in [0.5, 0.6) is 0 Å². The fraction of sp³-hybridized carbons (Fsp3) is 0.833. The van der Waals surface area contributed by atoms with E-state index in [0.29, 0.717) is 0 Å². The normalized spacial score (nSPS) is 16.4. The summed E-state index contributed by atoms with van der Waals surface area (Å²) in [5, 5.41) is 43.1. The molecule has 22 heteroatoms. The first-order valence-electron chi connectivity index (χ1n) is 5.55. The summed E-state index contributed by atoms with van der Waals surface area (Å²) in [6, 6.07) is 0. The molecule has 28 heavy (non-hydrogen) atoms. The van der Waals surface area contributed by atoms with Gasteiger partial charge in [0.25, 0.3) is 7.82 Å². The molecule has 152 valence electrons. The van der Waals surface area contributed by atoms with Crippen LogP contribution < -0.4 is 103 Å². The number of rotatable bonds is 9. The molecule has 0 saturated heterocycles. The first-order valence-corrected chi connectivity index (χ1v) is 10.0. The van der Waals surface area contributed by atoms with Crippen LogP contribution in [-0.2, 0) is 27.1 Å². The van der Waals surface area contributed by atoms with E-state index in [2.05, 4.69) is 8.62 Å². The minimum atomic E-state index is -5.92. The first-order chi connectivity index (χ1) is 11.0. The Morgan fingerprint density at radius 1 is 0.893 bits per heavy atom. The van der Waals surface area contributed by atoms with Crippen molar-refractivity contribution in [2.45, 2.75) is 18.3 Å². The molecular weight excluding hydrogens is 490 g/mol. The van der Waals surface area contributed by atoms with Gasteiger partial charge in [-0.25, -0.2) is 8.88 Å². The van der Waals surface area contributed by atoms with Crippen molar-refractivity contribution in [1.82, 2.24) is 0 Å². The topological polar surface area (TPSA) is 298 Å². The van der Waals surface area contributed by atoms with Crippen molar-refractivity contribution in [3.8, 4) is 0 Å². The number of carbonyl (C=O) groups excluding carboxylic acids is 1. The average molecular weight is 504 g/mol. The Balaban J connectivity index is -0.000000114. The Bertz CT molecular complexity index is 534. The van der Waals surface area contributed by atoms with Gasteiger partial charge in [-0.2, -0.15) is 0 Å². The van der Waals surface area contributed by atoms with E-state index >= 15 is 0 Å². The Hall–Kier alpha value is 2.88. The van der Waals surface area contributed by atoms with Crippen molar-refractivity contribution >= 4 is 29.3 Å². The monoisotopic (exact) mass is 504 g/mol. The van der Waals surface area contributed by atoms with Crippen LogP contribution in [0, 0.1) is 0 Å². The molecule has 0 aliphatic rings. The van der Waals surface area contributed by atoms with Crippen molar-refractivity contribution in [3.05, 3.63) is 0 Å². The molecule has 0 fully saturated rings. The van der Waals surface area contributed by atoms with Gasteiger partial charge in [-0.3, -0.25) is 13.7 Å². The molecule has 0 amide bonds. The van der Waals surface area contributed by atoms with Crippen LogP contribution in [0.15, 0.2) is 0 Å². The fourth-order valence-corrected chi connectivity index (χ4v) is 3.28. The molecule has 0 saturated carbocycles. The third-order valence-corrected chi connectivity index (χ3v) is 5.05. The molecular formula is C6H14Na3O16P3. The van der Waals surface area contributed by atoms with Crippen LogP contribution in [-0.4, -0.2) is 72.6 Å². The number of ketones is 1. The van der Waals surface area contributed by atoms with E-state index in [4.69, 9.17) is 35.3 Å². The van der Waals surface area contributed by atoms with E-state index in [1.807, 2.05) is 0 Å². The average Bonchev–Trinajstić information content (AvgIpc) is 2.39. The molecule has 4 unspecified atom stereocenters. The maximum absolute atomic E-state index is 10.5. The summed E-state index contributed by atoms with van der Waals surface area (Å²) in [6.07, 6.45) is -5.22. The van der Waals surface area contributed by atoms with Gasteiger partial charge in [-0.1, -0.05) is 0 Å². The molecule has 0 aromatic rings. The number of phosphoric acid groups is 3. The molecule has 16 nitrogen and oxygen atoms in total. The second kappa shape index (κ2) is 18.3. The summed E-state index contributed by atoms with van der Waals surface area (Å²) in [4.78, 5) is 55.8. The third kappa shape index (κ3) is 23.5. The smallest absolute Gasteiger partial charge is 0.790 e. The molecule has 4 atom stereocenters. The van der Waals surface area contributed by atoms with Crippen LogP contribution in [0.25, 0.3) is 0 Å². The summed E-state index contributed by atoms with van der Waals surface area (Å²) in [7, 11) is -17.2. The standard InChI is InChI=1S/C6H12O6.3Na.H5O10P3/c7-1-3(9)5(11)6(12)4(10)2-8;;;;1-11(2,3)9-13(7,8)10-12(4,5)6/h3,5-9,11-12H,1-2H2;;;;(H,7,8)(H2,1,2,3)(H2,4,5,6)/q;3*+1;/p-3. The van der Waals surface area contributed by atoms with Crippen LogP contribution in [0.3, 0.4) is 0 Å². The zero-order valence-electron chi connectivity index (χ0n) is 14.8. The predicted molar refractivity (Wildman–Crippen MR) is 66.6 cm³/mol. The molecule has 0 spiro atoms. The van der Waals surface area contributed by atoms with Crippen LogP contribution in [0.1, 0.15) is 0 Å². The Morgan fingerprint density at radius 2 is 1.29 bits per heavy atom. The summed E-state index contributed by atoms with van der Waals surface area (Å²) in [5.74, 6) is -1.00. The maximum Gasteiger partial charge on any atom is 1.00 e. The number of aliphatic hydroxyl groups is 5. The molecule has 0 aromatic carbocycles. The van der Waals surface area contributed by atoms with Gasteiger partial charge in [0.1, 0.15) is 24.9 Å². The van der Waals surface area contributed by atoms with Gasteiger partial charge in [0.2, 0.25) is 0 Å². The third-order valence-electron chi connectivity index (χ3n) is 1.80. The molecule has 0 aliphatic heterocycles. The molecule has 0 heterocycles. The van der Waals surface area contributed by atoms with Gasteiger partial charge in [0.15, 0.2) is 5.78 Å². The second-order valence-electron chi connectivity index (χ2n) is 3.86. The number of carbonyl (C=O) groups is 1. The number of hydrogen-bond donors (Lipinski definition) is 7. The Labute approximate surface area is 224 Å². The Kier molecular flexibility index (Phi) is 26.9. The summed E-state index contributed by atoms with van der Waals surface area (Å²) >= 11 is 0. The van der Waals surface area contributed by atoms with Gasteiger partial charge in [-0.15, -0.1) is 0 Å². The molecule has 0 rings (SSSR count). The minimum absolute atomic E-state index is 0. The summed E-state index contributed by atoms with van der Waals surface area (Å²) in [5.41, 5.74) is 0. The quantitative estimate of drug-likeness (QED) is 0.113. The van der Waals surface area contributed by atoms with Crippen LogP contribution >= 0.6 is 23.5 Å². The van der Waals surface area contributed by atoms with Gasteiger partial charge < -0.3 is 54.6 Å². The van der Waals surface area contributed by atoms with Crippen molar-refractivity contribution in [3.63, 3.8) is 0 Å². The van der Waals surface area contributed by atoms with Crippen molar-refractivity contribution < 1.29 is 166 Å². The zero-order chi connectivity index (χ0) is 20.6. The molecule has 0 radical (unpaired) electrons. The van der Waals surface area contributed by atoms with E-state index < -0.39 is 60.8 Å². The zero-order valence-corrected chi connectivity index (χ0v) is 23.5. The second-order valence-corrected chi connectivity index (χ2v) is 7.93. The SMILES string of the molecule is O=C(CO)C(O)C(O)C(O)CO.O=P([O-])([O-])OP(=O)([O-])OP(=O)(O)O.[Na+].[Na+].[Na+]. The molecule has 0 aromatic heterocycles. The maximum atomic E-state index is 10.5. The number of aliphatic hydroxyl groups excluding tert-OH is 5. The number of Topliss-reactive ketones (excluding diaryl/α,β-unsaturated/α-hetero) is 1. The van der Waals surface area contributed by atoms with Crippen molar-refractivity contribution in [2.75, 3.05) is 13.2 Å². The Morgan fingerprint density at radius 3 is 1.54 bits per heavy atom. The van der Waals surface area contributed by atoms with Crippen LogP contribution in [0.4, 0.5) is 0 Å². The fourth-order valence-electron chi connectivity index (χ4n) is 0.870. The molecule has 0 aliphatic carbocycles. The van der Waals surface area contributed by atoms with Crippen molar-refractivity contribution in [1.29, 1.82) is 0 Å². The van der Waals surface area contributed by atoms with Gasteiger partial charge in [-0.05, 0) is 0 Å². The minimum Gasteiger partial charge on any atom is -0.790 e. The first kappa shape index (κ1) is 41.2. The van der Waals surface area contributed by atoms with E-state index in [9.17, 15) is 33.2 Å². The van der Waals surface area contributed by atoms with E-state index in [-0.39, 0.29) is 88.7 Å². The van der Waals surface area contributed by atoms with Crippen LogP contribution in [0.2, 0.25) is 0 Å². The van der Waals surface area contributed by atoms with E-state index in [1.165, 1.54) is 0 Å².